The van der Waals surface area contributed by atoms with Crippen LogP contribution < -0.4 is 14.2 Å². The molecule has 1 aliphatic heterocycles. The highest BCUT2D eigenvalue weighted by Gasteiger charge is 2.35. The van der Waals surface area contributed by atoms with Gasteiger partial charge in [-0.25, -0.2) is 4.79 Å². The predicted molar refractivity (Wildman–Crippen MR) is 147 cm³/mol. The highest BCUT2D eigenvalue weighted by Crippen LogP contribution is 2.37. The molecule has 0 atom stereocenters. The normalized spacial score (nSPS) is 14.6. The smallest absolute Gasteiger partial charge is 0.341 e. The van der Waals surface area contributed by atoms with E-state index in [1.807, 2.05) is 47.7 Å². The third-order valence-electron chi connectivity index (χ3n) is 5.21. The summed E-state index contributed by atoms with van der Waals surface area (Å²) in [4.78, 5) is 37.9. The van der Waals surface area contributed by atoms with Gasteiger partial charge in [-0.1, -0.05) is 26.0 Å². The maximum atomic E-state index is 13.0. The molecule has 0 spiro atoms. The second kappa shape index (κ2) is 12.5. The lowest BCUT2D eigenvalue weighted by Gasteiger charge is -2.17. The number of hydrogen-bond donors (Lipinski definition) is 1. The van der Waals surface area contributed by atoms with Gasteiger partial charge in [0.05, 0.1) is 21.6 Å². The number of ether oxygens (including phenoxy) is 3. The Bertz CT molecular complexity index is 1200. The zero-order valence-electron chi connectivity index (χ0n) is 20.5. The maximum absolute atomic E-state index is 13.0. The van der Waals surface area contributed by atoms with E-state index in [2.05, 4.69) is 13.8 Å². The van der Waals surface area contributed by atoms with Crippen molar-refractivity contribution in [2.45, 2.75) is 33.6 Å². The van der Waals surface area contributed by atoms with Crippen LogP contribution >= 0.6 is 34.4 Å². The SMILES string of the molecule is CCOc1cc(/C=C2\SC(=O)N(CCOc3cc(C)ccc3C(C)C)C2=O)cc(I)c1OCC(=O)O. The molecule has 10 heteroatoms. The Balaban J connectivity index is 1.74. The summed E-state index contributed by atoms with van der Waals surface area (Å²) >= 11 is 2.89. The molecule has 2 aromatic carbocycles. The van der Waals surface area contributed by atoms with Gasteiger partial charge in [-0.3, -0.25) is 14.5 Å². The molecule has 0 unspecified atom stereocenters. The number of benzene rings is 2. The number of amides is 2. The molecule has 3 rings (SSSR count). The molecule has 1 heterocycles. The number of nitrogens with zero attached hydrogens (tertiary/aromatic N) is 1. The van der Waals surface area contributed by atoms with Crippen molar-refractivity contribution < 1.29 is 33.7 Å². The summed E-state index contributed by atoms with van der Waals surface area (Å²) in [5.41, 5.74) is 2.78. The molecule has 0 radical (unpaired) electrons. The largest absolute Gasteiger partial charge is 0.491 e. The lowest BCUT2D eigenvalue weighted by Crippen LogP contribution is -2.32. The topological polar surface area (TPSA) is 102 Å². The van der Waals surface area contributed by atoms with Crippen molar-refractivity contribution in [2.75, 3.05) is 26.4 Å². The zero-order valence-corrected chi connectivity index (χ0v) is 23.5. The van der Waals surface area contributed by atoms with Crippen molar-refractivity contribution in [3.05, 3.63) is 55.5 Å². The van der Waals surface area contributed by atoms with E-state index in [1.54, 1.807) is 25.1 Å². The van der Waals surface area contributed by atoms with Crippen LogP contribution in [-0.2, 0) is 9.59 Å². The first-order valence-electron chi connectivity index (χ1n) is 11.4. The van der Waals surface area contributed by atoms with Gasteiger partial charge in [0, 0.05) is 0 Å². The third-order valence-corrected chi connectivity index (χ3v) is 6.92. The van der Waals surface area contributed by atoms with Crippen LogP contribution in [0.4, 0.5) is 4.79 Å². The van der Waals surface area contributed by atoms with Gasteiger partial charge >= 0.3 is 5.97 Å². The fraction of sp³-hybridized carbons (Fsp3) is 0.346. The number of hydrogen-bond acceptors (Lipinski definition) is 7. The van der Waals surface area contributed by atoms with Gasteiger partial charge in [-0.2, -0.15) is 0 Å². The molecule has 1 fully saturated rings. The Hall–Kier alpha value is -2.73. The van der Waals surface area contributed by atoms with Crippen LogP contribution in [0.2, 0.25) is 0 Å². The number of carboxylic acids is 1. The summed E-state index contributed by atoms with van der Waals surface area (Å²) in [6, 6.07) is 9.43. The zero-order chi connectivity index (χ0) is 26.4. The number of carbonyl (C=O) groups is 3. The van der Waals surface area contributed by atoms with Crippen molar-refractivity contribution in [1.82, 2.24) is 4.90 Å². The first-order valence-corrected chi connectivity index (χ1v) is 13.3. The number of imide groups is 1. The molecule has 192 valence electrons. The summed E-state index contributed by atoms with van der Waals surface area (Å²) in [6.07, 6.45) is 1.62. The fourth-order valence-electron chi connectivity index (χ4n) is 3.54. The standard InChI is InChI=1S/C26H28INO7S/c1-5-33-21-12-17(11-19(27)24(21)35-14-23(29)30)13-22-25(31)28(26(32)36-22)8-9-34-20-10-16(4)6-7-18(20)15(2)3/h6-7,10-13,15H,5,8-9,14H2,1-4H3,(H,29,30)/b22-13-. The molecule has 0 aliphatic carbocycles. The minimum atomic E-state index is -1.10. The van der Waals surface area contributed by atoms with Crippen molar-refractivity contribution in [3.8, 4) is 17.2 Å². The average molecular weight is 625 g/mol. The van der Waals surface area contributed by atoms with Gasteiger partial charge in [0.25, 0.3) is 11.1 Å². The van der Waals surface area contributed by atoms with E-state index in [4.69, 9.17) is 19.3 Å². The first-order chi connectivity index (χ1) is 17.1. The molecule has 8 nitrogen and oxygen atoms in total. The Morgan fingerprint density at radius 2 is 1.89 bits per heavy atom. The van der Waals surface area contributed by atoms with E-state index in [0.29, 0.717) is 27.2 Å². The molecule has 0 bridgehead atoms. The van der Waals surface area contributed by atoms with Gasteiger partial charge in [-0.05, 0) is 95.1 Å². The summed E-state index contributed by atoms with van der Waals surface area (Å²) in [5, 5.41) is 8.57. The summed E-state index contributed by atoms with van der Waals surface area (Å²) in [6.45, 7) is 8.13. The molecule has 0 aromatic heterocycles. The molecule has 0 saturated carbocycles. The van der Waals surface area contributed by atoms with E-state index >= 15 is 0 Å². The molecule has 2 amide bonds. The van der Waals surface area contributed by atoms with Crippen LogP contribution in [0.25, 0.3) is 6.08 Å². The summed E-state index contributed by atoms with van der Waals surface area (Å²) < 4.78 is 17.6. The van der Waals surface area contributed by atoms with Crippen LogP contribution in [0.1, 0.15) is 43.4 Å². The molecule has 1 aliphatic rings. The van der Waals surface area contributed by atoms with Gasteiger partial charge in [-0.15, -0.1) is 0 Å². The third kappa shape index (κ3) is 6.94. The summed E-state index contributed by atoms with van der Waals surface area (Å²) in [5.74, 6) is 0.239. The molecule has 36 heavy (non-hydrogen) atoms. The van der Waals surface area contributed by atoms with Crippen molar-refractivity contribution >= 4 is 57.5 Å². The predicted octanol–water partition coefficient (Wildman–Crippen LogP) is 5.70. The molecular weight excluding hydrogens is 597 g/mol. The Morgan fingerprint density at radius 1 is 1.14 bits per heavy atom. The number of halogens is 1. The van der Waals surface area contributed by atoms with Crippen molar-refractivity contribution in [2.24, 2.45) is 0 Å². The minimum absolute atomic E-state index is 0.136. The quantitative estimate of drug-likeness (QED) is 0.251. The highest BCUT2D eigenvalue weighted by atomic mass is 127. The molecule has 1 N–H and O–H groups in total. The van der Waals surface area contributed by atoms with Crippen LogP contribution in [0, 0.1) is 10.5 Å². The van der Waals surface area contributed by atoms with Gasteiger partial charge < -0.3 is 19.3 Å². The average Bonchev–Trinajstić information content (AvgIpc) is 3.05. The molecular formula is C26H28INO7S. The number of aliphatic carboxylic acids is 1. The Morgan fingerprint density at radius 3 is 2.56 bits per heavy atom. The van der Waals surface area contributed by atoms with Crippen molar-refractivity contribution in [1.29, 1.82) is 0 Å². The van der Waals surface area contributed by atoms with E-state index in [1.165, 1.54) is 4.90 Å². The van der Waals surface area contributed by atoms with Crippen LogP contribution in [-0.4, -0.2) is 53.5 Å². The van der Waals surface area contributed by atoms with Crippen molar-refractivity contribution in [3.63, 3.8) is 0 Å². The lowest BCUT2D eigenvalue weighted by molar-refractivity contribution is -0.139. The Kier molecular flexibility index (Phi) is 9.66. The molecule has 1 saturated heterocycles. The number of carboxylic acid groups (broad SMARTS) is 1. The van der Waals surface area contributed by atoms with E-state index in [-0.39, 0.29) is 35.1 Å². The summed E-state index contributed by atoms with van der Waals surface area (Å²) in [7, 11) is 0. The number of aryl methyl sites for hydroxylation is 1. The Labute approximate surface area is 228 Å². The van der Waals surface area contributed by atoms with Crippen LogP contribution in [0.15, 0.2) is 35.2 Å². The number of rotatable bonds is 11. The second-order valence-electron chi connectivity index (χ2n) is 8.32. The first kappa shape index (κ1) is 27.9. The lowest BCUT2D eigenvalue weighted by atomic mass is 10.0. The minimum Gasteiger partial charge on any atom is -0.491 e. The molecule has 2 aromatic rings. The van der Waals surface area contributed by atoms with E-state index in [9.17, 15) is 14.4 Å². The van der Waals surface area contributed by atoms with Gasteiger partial charge in [0.15, 0.2) is 18.1 Å². The van der Waals surface area contributed by atoms with Crippen LogP contribution in [0.5, 0.6) is 17.2 Å². The number of thioether (sulfide) groups is 1. The monoisotopic (exact) mass is 625 g/mol. The highest BCUT2D eigenvalue weighted by molar-refractivity contribution is 14.1. The van der Waals surface area contributed by atoms with E-state index in [0.717, 1.165) is 28.6 Å². The maximum Gasteiger partial charge on any atom is 0.341 e. The fourth-order valence-corrected chi connectivity index (χ4v) is 5.19. The van der Waals surface area contributed by atoms with Gasteiger partial charge in [0.1, 0.15) is 12.4 Å². The van der Waals surface area contributed by atoms with Gasteiger partial charge in [0.2, 0.25) is 0 Å². The number of carbonyl (C=O) groups excluding carboxylic acids is 2. The van der Waals surface area contributed by atoms with E-state index < -0.39 is 12.6 Å². The van der Waals surface area contributed by atoms with Crippen LogP contribution in [0.3, 0.4) is 0 Å². The second-order valence-corrected chi connectivity index (χ2v) is 10.5.